The first-order valence-electron chi connectivity index (χ1n) is 9.87. The monoisotopic (exact) mass is 453 g/mol. The molecule has 0 fully saturated rings. The van der Waals surface area contributed by atoms with Crippen LogP contribution in [0.3, 0.4) is 0 Å². The Morgan fingerprint density at radius 2 is 1.90 bits per heavy atom. The molecule has 2 aromatic carbocycles. The van der Waals surface area contributed by atoms with Crippen molar-refractivity contribution in [3.8, 4) is 17.2 Å². The molecule has 0 aromatic heterocycles. The molecule has 0 aliphatic carbocycles. The van der Waals surface area contributed by atoms with Gasteiger partial charge in [0.25, 0.3) is 5.91 Å². The third-order valence-corrected chi connectivity index (χ3v) is 5.19. The van der Waals surface area contributed by atoms with Crippen LogP contribution in [0, 0.1) is 5.41 Å². The Labute approximate surface area is 209 Å². The number of amides is 1. The molecule has 1 aliphatic heterocycles. The molecule has 1 heterocycles. The van der Waals surface area contributed by atoms with Crippen molar-refractivity contribution in [2.45, 2.75) is 39.5 Å². The second kappa shape index (κ2) is 10.7. The number of nitrogens with one attached hydrogen (secondary N) is 1. The van der Waals surface area contributed by atoms with Crippen molar-refractivity contribution in [2.75, 3.05) is 13.2 Å². The first-order valence-corrected chi connectivity index (χ1v) is 10.2. The largest absolute Gasteiger partial charge is 1.00 e. The maximum absolute atomic E-state index is 12.3. The maximum atomic E-state index is 12.3. The second-order valence-electron chi connectivity index (χ2n) is 8.52. The van der Waals surface area contributed by atoms with Gasteiger partial charge in [-0.2, -0.15) is 0 Å². The smallest absolute Gasteiger partial charge is 0.549 e. The van der Waals surface area contributed by atoms with Crippen LogP contribution < -0.4 is 49.5 Å². The molecule has 6 nitrogen and oxygen atoms in total. The zero-order chi connectivity index (χ0) is 21.9. The fraction of sp³-hybridized carbons (Fsp3) is 0.391. The SMILES string of the molecule is CC(C)(C)CCNC(=O)c1ccc(Oc2cc3c(cc2Cl)C(C(=O)[O-])CCO3)cc1.[Na+]. The molecule has 0 spiro atoms. The van der Waals surface area contributed by atoms with E-state index in [2.05, 4.69) is 26.1 Å². The molecule has 0 saturated heterocycles. The zero-order valence-corrected chi connectivity index (χ0v) is 21.0. The Morgan fingerprint density at radius 1 is 1.23 bits per heavy atom. The van der Waals surface area contributed by atoms with E-state index in [9.17, 15) is 14.7 Å². The third-order valence-electron chi connectivity index (χ3n) is 4.89. The predicted octanol–water partition coefficient (Wildman–Crippen LogP) is 0.918. The molecular weight excluding hydrogens is 429 g/mol. The Morgan fingerprint density at radius 3 is 2.52 bits per heavy atom. The number of carbonyl (C=O) groups excluding carboxylic acids is 2. The summed E-state index contributed by atoms with van der Waals surface area (Å²) >= 11 is 6.30. The third kappa shape index (κ3) is 6.88. The minimum Gasteiger partial charge on any atom is -0.549 e. The van der Waals surface area contributed by atoms with E-state index in [0.29, 0.717) is 41.3 Å². The summed E-state index contributed by atoms with van der Waals surface area (Å²) in [5.41, 5.74) is 1.18. The fourth-order valence-electron chi connectivity index (χ4n) is 3.17. The Balaban J connectivity index is 0.00000341. The van der Waals surface area contributed by atoms with Crippen molar-refractivity contribution < 1.29 is 53.7 Å². The van der Waals surface area contributed by atoms with Crippen molar-refractivity contribution >= 4 is 23.5 Å². The van der Waals surface area contributed by atoms with Gasteiger partial charge in [0.05, 0.1) is 11.6 Å². The van der Waals surface area contributed by atoms with Crippen LogP contribution in [-0.2, 0) is 4.79 Å². The van der Waals surface area contributed by atoms with Gasteiger partial charge in [0, 0.05) is 35.6 Å². The predicted molar refractivity (Wildman–Crippen MR) is 112 cm³/mol. The van der Waals surface area contributed by atoms with E-state index >= 15 is 0 Å². The van der Waals surface area contributed by atoms with E-state index in [1.165, 1.54) is 0 Å². The van der Waals surface area contributed by atoms with Gasteiger partial charge in [-0.3, -0.25) is 4.79 Å². The normalized spacial score (nSPS) is 15.2. The molecular formula is C23H25ClNNaO5. The first kappa shape index (κ1) is 25.5. The summed E-state index contributed by atoms with van der Waals surface area (Å²) in [6.07, 6.45) is 1.22. The van der Waals surface area contributed by atoms with Gasteiger partial charge in [0.1, 0.15) is 17.2 Å². The van der Waals surface area contributed by atoms with Crippen LogP contribution in [0.25, 0.3) is 0 Å². The summed E-state index contributed by atoms with van der Waals surface area (Å²) < 4.78 is 11.4. The molecule has 160 valence electrons. The summed E-state index contributed by atoms with van der Waals surface area (Å²) in [5.74, 6) is -0.784. The molecule has 8 heteroatoms. The summed E-state index contributed by atoms with van der Waals surface area (Å²) in [4.78, 5) is 23.6. The van der Waals surface area contributed by atoms with Gasteiger partial charge in [-0.15, -0.1) is 0 Å². The first-order chi connectivity index (χ1) is 14.1. The molecule has 0 saturated carbocycles. The number of hydrogen-bond donors (Lipinski definition) is 1. The molecule has 1 amide bonds. The van der Waals surface area contributed by atoms with Crippen LogP contribution in [0.5, 0.6) is 17.2 Å². The van der Waals surface area contributed by atoms with Crippen LogP contribution in [0.15, 0.2) is 36.4 Å². The van der Waals surface area contributed by atoms with Gasteiger partial charge in [-0.25, -0.2) is 0 Å². The molecule has 31 heavy (non-hydrogen) atoms. The number of benzene rings is 2. The Hall–Kier alpha value is -1.73. The molecule has 2 aromatic rings. The number of ether oxygens (including phenoxy) is 2. The number of carboxylic acid groups (broad SMARTS) is 1. The van der Waals surface area contributed by atoms with Crippen LogP contribution in [0.2, 0.25) is 5.02 Å². The van der Waals surface area contributed by atoms with Crippen molar-refractivity contribution in [3.05, 3.63) is 52.5 Å². The average Bonchev–Trinajstić information content (AvgIpc) is 2.67. The number of halogens is 1. The topological polar surface area (TPSA) is 87.7 Å². The molecule has 1 aliphatic rings. The van der Waals surface area contributed by atoms with Crippen LogP contribution in [-0.4, -0.2) is 25.0 Å². The van der Waals surface area contributed by atoms with Crippen molar-refractivity contribution in [1.29, 1.82) is 0 Å². The van der Waals surface area contributed by atoms with Gasteiger partial charge < -0.3 is 24.7 Å². The summed E-state index contributed by atoms with van der Waals surface area (Å²) in [6, 6.07) is 9.84. The van der Waals surface area contributed by atoms with Crippen LogP contribution in [0.1, 0.15) is 55.5 Å². The van der Waals surface area contributed by atoms with Crippen molar-refractivity contribution in [3.63, 3.8) is 0 Å². The van der Waals surface area contributed by atoms with Gasteiger partial charge in [0.15, 0.2) is 0 Å². The average molecular weight is 454 g/mol. The molecule has 1 N–H and O–H groups in total. The minimum atomic E-state index is -1.15. The number of carbonyl (C=O) groups is 2. The number of rotatable bonds is 6. The van der Waals surface area contributed by atoms with E-state index in [4.69, 9.17) is 21.1 Å². The Bertz CT molecular complexity index is 940. The number of carboxylic acids is 1. The molecule has 3 rings (SSSR count). The van der Waals surface area contributed by atoms with Crippen molar-refractivity contribution in [2.24, 2.45) is 5.41 Å². The zero-order valence-electron chi connectivity index (χ0n) is 18.3. The van der Waals surface area contributed by atoms with Gasteiger partial charge in [0.2, 0.25) is 0 Å². The molecule has 1 unspecified atom stereocenters. The van der Waals surface area contributed by atoms with Gasteiger partial charge in [-0.05, 0) is 48.6 Å². The van der Waals surface area contributed by atoms with Crippen LogP contribution in [0.4, 0.5) is 0 Å². The number of fused-ring (bicyclic) bond motifs is 1. The van der Waals surface area contributed by atoms with Crippen LogP contribution >= 0.6 is 11.6 Å². The standard InChI is InChI=1S/C23H26ClNO5.Na/c1-23(2,3)9-10-25-21(26)14-4-6-15(7-5-14)30-20-13-19-17(12-18(20)24)16(22(27)28)8-11-29-19;/h4-7,12-13,16H,8-11H2,1-3H3,(H,25,26)(H,27,28);/q;+1/p-1. The van der Waals surface area contributed by atoms with E-state index in [1.807, 2.05) is 0 Å². The summed E-state index contributed by atoms with van der Waals surface area (Å²) in [5, 5.41) is 14.5. The van der Waals surface area contributed by atoms with E-state index in [-0.39, 0.29) is 52.5 Å². The summed E-state index contributed by atoms with van der Waals surface area (Å²) in [6.45, 7) is 7.27. The number of hydrogen-bond acceptors (Lipinski definition) is 5. The second-order valence-corrected chi connectivity index (χ2v) is 8.93. The molecule has 0 radical (unpaired) electrons. The minimum absolute atomic E-state index is 0. The fourth-order valence-corrected chi connectivity index (χ4v) is 3.38. The number of aliphatic carboxylic acids is 1. The van der Waals surface area contributed by atoms with E-state index in [1.54, 1.807) is 36.4 Å². The van der Waals surface area contributed by atoms with Gasteiger partial charge >= 0.3 is 29.6 Å². The van der Waals surface area contributed by atoms with E-state index in [0.717, 1.165) is 6.42 Å². The summed E-state index contributed by atoms with van der Waals surface area (Å²) in [7, 11) is 0. The maximum Gasteiger partial charge on any atom is 1.00 e. The van der Waals surface area contributed by atoms with Crippen molar-refractivity contribution in [1.82, 2.24) is 5.32 Å². The Kier molecular flexibility index (Phi) is 8.83. The molecule has 0 bridgehead atoms. The van der Waals surface area contributed by atoms with E-state index < -0.39 is 11.9 Å². The molecule has 1 atom stereocenters. The van der Waals surface area contributed by atoms with Gasteiger partial charge in [-0.1, -0.05) is 32.4 Å². The quantitative estimate of drug-likeness (QED) is 0.657.